The molecular weight excluding hydrogens is 371 g/mol. The van der Waals surface area contributed by atoms with E-state index in [1.165, 1.54) is 29.0 Å². The van der Waals surface area contributed by atoms with Gasteiger partial charge in [-0.25, -0.2) is 12.8 Å². The zero-order chi connectivity index (χ0) is 18.3. The predicted octanol–water partition coefficient (Wildman–Crippen LogP) is 3.41. The molecule has 26 heavy (non-hydrogen) atoms. The molecule has 0 amide bonds. The van der Waals surface area contributed by atoms with E-state index in [0.29, 0.717) is 16.6 Å². The highest BCUT2D eigenvalue weighted by Gasteiger charge is 2.47. The fraction of sp³-hybridized carbons (Fsp3) is 0.316. The number of halogens is 1. The van der Waals surface area contributed by atoms with Crippen molar-refractivity contribution in [2.24, 2.45) is 4.99 Å². The Morgan fingerprint density at radius 2 is 1.88 bits per heavy atom. The standard InChI is InChI=1S/C19H19FN2O2S2/c1-13-6-2-3-7-14(13)10-25-19-21-16-11-26(23,24)12-18(16)22(19)17-9-5-4-8-15(17)20/h2-9,16,18H,10-12H2,1H3/t16-,18+/m1/s1. The average molecular weight is 391 g/mol. The molecule has 4 rings (SSSR count). The number of fused-ring (bicyclic) bond motifs is 1. The third-order valence-electron chi connectivity index (χ3n) is 4.84. The van der Waals surface area contributed by atoms with E-state index in [4.69, 9.17) is 0 Å². The van der Waals surface area contributed by atoms with Crippen molar-refractivity contribution in [3.8, 4) is 0 Å². The van der Waals surface area contributed by atoms with Crippen molar-refractivity contribution in [1.29, 1.82) is 0 Å². The molecule has 2 aliphatic rings. The van der Waals surface area contributed by atoms with Gasteiger partial charge in [-0.3, -0.25) is 4.99 Å². The van der Waals surface area contributed by atoms with Crippen LogP contribution in [0.25, 0.3) is 0 Å². The minimum absolute atomic E-state index is 0.0178. The first-order valence-electron chi connectivity index (χ1n) is 8.44. The number of nitrogens with zero attached hydrogens (tertiary/aromatic N) is 2. The van der Waals surface area contributed by atoms with Crippen molar-refractivity contribution in [3.63, 3.8) is 0 Å². The first-order valence-corrected chi connectivity index (χ1v) is 11.2. The van der Waals surface area contributed by atoms with Gasteiger partial charge in [0.05, 0.1) is 29.3 Å². The minimum atomic E-state index is -3.14. The van der Waals surface area contributed by atoms with Crippen molar-refractivity contribution >= 4 is 32.5 Å². The summed E-state index contributed by atoms with van der Waals surface area (Å²) in [5.74, 6) is 0.408. The fourth-order valence-corrected chi connectivity index (χ4v) is 6.51. The summed E-state index contributed by atoms with van der Waals surface area (Å²) in [6, 6.07) is 14.0. The SMILES string of the molecule is Cc1ccccc1CSC1=N[C@@H]2CS(=O)(=O)C[C@@H]2N1c1ccccc1F. The number of rotatable bonds is 3. The number of amidine groups is 1. The van der Waals surface area contributed by atoms with Gasteiger partial charge < -0.3 is 4.90 Å². The fourth-order valence-electron chi connectivity index (χ4n) is 3.48. The van der Waals surface area contributed by atoms with E-state index in [-0.39, 0.29) is 29.4 Å². The molecule has 1 saturated heterocycles. The first kappa shape index (κ1) is 17.5. The molecule has 2 aliphatic heterocycles. The van der Waals surface area contributed by atoms with E-state index in [1.807, 2.05) is 12.1 Å². The highest BCUT2D eigenvalue weighted by molar-refractivity contribution is 8.13. The number of anilines is 1. The molecule has 2 aromatic rings. The Kier molecular flexibility index (Phi) is 4.52. The van der Waals surface area contributed by atoms with Gasteiger partial charge in [-0.2, -0.15) is 0 Å². The van der Waals surface area contributed by atoms with Crippen LogP contribution in [0.2, 0.25) is 0 Å². The van der Waals surface area contributed by atoms with Gasteiger partial charge >= 0.3 is 0 Å². The highest BCUT2D eigenvalue weighted by Crippen LogP contribution is 2.37. The second-order valence-corrected chi connectivity index (χ2v) is 9.76. The van der Waals surface area contributed by atoms with Crippen LogP contribution in [-0.4, -0.2) is 37.2 Å². The molecule has 0 aromatic heterocycles. The molecule has 2 heterocycles. The summed E-state index contributed by atoms with van der Waals surface area (Å²) in [4.78, 5) is 6.43. The van der Waals surface area contributed by atoms with E-state index in [9.17, 15) is 12.8 Å². The molecular formula is C19H19FN2O2S2. The molecule has 7 heteroatoms. The van der Waals surface area contributed by atoms with Gasteiger partial charge in [0.2, 0.25) is 0 Å². The lowest BCUT2D eigenvalue weighted by atomic mass is 10.1. The largest absolute Gasteiger partial charge is 0.312 e. The quantitative estimate of drug-likeness (QED) is 0.806. The molecule has 0 spiro atoms. The Bertz CT molecular complexity index is 975. The zero-order valence-corrected chi connectivity index (χ0v) is 15.9. The Hall–Kier alpha value is -1.86. The maximum absolute atomic E-state index is 14.4. The van der Waals surface area contributed by atoms with Crippen LogP contribution in [0.15, 0.2) is 53.5 Å². The molecule has 1 fully saturated rings. The smallest absolute Gasteiger partial charge is 0.164 e. The second kappa shape index (κ2) is 6.70. The lowest BCUT2D eigenvalue weighted by Crippen LogP contribution is -2.39. The third kappa shape index (κ3) is 3.25. The summed E-state index contributed by atoms with van der Waals surface area (Å²) in [6.07, 6.45) is 0. The van der Waals surface area contributed by atoms with Gasteiger partial charge in [0.1, 0.15) is 5.82 Å². The Morgan fingerprint density at radius 3 is 2.65 bits per heavy atom. The van der Waals surface area contributed by atoms with Crippen molar-refractivity contribution in [1.82, 2.24) is 0 Å². The van der Waals surface area contributed by atoms with Crippen LogP contribution in [0.4, 0.5) is 10.1 Å². The number of para-hydroxylation sites is 1. The van der Waals surface area contributed by atoms with Crippen LogP contribution in [0, 0.1) is 12.7 Å². The van der Waals surface area contributed by atoms with Gasteiger partial charge in [-0.1, -0.05) is 48.2 Å². The van der Waals surface area contributed by atoms with Crippen LogP contribution < -0.4 is 4.90 Å². The number of aliphatic imine (C=N–C) groups is 1. The number of sulfone groups is 1. The van der Waals surface area contributed by atoms with Crippen molar-refractivity contribution in [2.45, 2.75) is 24.8 Å². The maximum atomic E-state index is 14.4. The number of hydrogen-bond donors (Lipinski definition) is 0. The lowest BCUT2D eigenvalue weighted by molar-refractivity contribution is 0.600. The van der Waals surface area contributed by atoms with Crippen LogP contribution >= 0.6 is 11.8 Å². The van der Waals surface area contributed by atoms with Gasteiger partial charge in [0.25, 0.3) is 0 Å². The molecule has 0 aliphatic carbocycles. The normalized spacial score (nSPS) is 23.8. The van der Waals surface area contributed by atoms with E-state index in [1.54, 1.807) is 23.1 Å². The van der Waals surface area contributed by atoms with Gasteiger partial charge in [0.15, 0.2) is 15.0 Å². The van der Waals surface area contributed by atoms with Crippen molar-refractivity contribution in [3.05, 3.63) is 65.5 Å². The topological polar surface area (TPSA) is 49.7 Å². The monoisotopic (exact) mass is 390 g/mol. The summed E-state index contributed by atoms with van der Waals surface area (Å²) in [7, 11) is -3.14. The summed E-state index contributed by atoms with van der Waals surface area (Å²) in [5, 5.41) is 0.697. The van der Waals surface area contributed by atoms with E-state index < -0.39 is 9.84 Å². The van der Waals surface area contributed by atoms with E-state index in [2.05, 4.69) is 24.0 Å². The minimum Gasteiger partial charge on any atom is -0.312 e. The molecule has 2 atom stereocenters. The Balaban J connectivity index is 1.65. The predicted molar refractivity (Wildman–Crippen MR) is 105 cm³/mol. The van der Waals surface area contributed by atoms with Gasteiger partial charge in [0, 0.05) is 5.75 Å². The van der Waals surface area contributed by atoms with E-state index >= 15 is 0 Å². The van der Waals surface area contributed by atoms with Crippen molar-refractivity contribution < 1.29 is 12.8 Å². The summed E-state index contributed by atoms with van der Waals surface area (Å²) in [6.45, 7) is 2.06. The molecule has 4 nitrogen and oxygen atoms in total. The van der Waals surface area contributed by atoms with E-state index in [0.717, 1.165) is 0 Å². The van der Waals surface area contributed by atoms with Crippen LogP contribution in [-0.2, 0) is 15.6 Å². The third-order valence-corrected chi connectivity index (χ3v) is 7.55. The average Bonchev–Trinajstić information content (AvgIpc) is 3.06. The molecule has 0 unspecified atom stereocenters. The number of aryl methyl sites for hydroxylation is 1. The van der Waals surface area contributed by atoms with Gasteiger partial charge in [-0.05, 0) is 30.2 Å². The molecule has 0 N–H and O–H groups in total. The number of thioether (sulfide) groups is 1. The molecule has 2 aromatic carbocycles. The number of benzene rings is 2. The second-order valence-electron chi connectivity index (χ2n) is 6.66. The van der Waals surface area contributed by atoms with Crippen molar-refractivity contribution in [2.75, 3.05) is 16.4 Å². The maximum Gasteiger partial charge on any atom is 0.164 e. The highest BCUT2D eigenvalue weighted by atomic mass is 32.2. The first-order chi connectivity index (χ1) is 12.4. The summed E-state index contributed by atoms with van der Waals surface area (Å²) >= 11 is 1.53. The zero-order valence-electron chi connectivity index (χ0n) is 14.3. The molecule has 0 radical (unpaired) electrons. The van der Waals surface area contributed by atoms with Crippen LogP contribution in [0.5, 0.6) is 0 Å². The van der Waals surface area contributed by atoms with Crippen LogP contribution in [0.1, 0.15) is 11.1 Å². The molecule has 136 valence electrons. The lowest BCUT2D eigenvalue weighted by Gasteiger charge is -2.26. The summed E-state index contributed by atoms with van der Waals surface area (Å²) < 4.78 is 38.5. The molecule has 0 saturated carbocycles. The Morgan fingerprint density at radius 1 is 1.15 bits per heavy atom. The summed E-state index contributed by atoms with van der Waals surface area (Å²) in [5.41, 5.74) is 2.78. The number of hydrogen-bond acceptors (Lipinski definition) is 5. The Labute approximate surface area is 157 Å². The van der Waals surface area contributed by atoms with Gasteiger partial charge in [-0.15, -0.1) is 0 Å². The molecule has 0 bridgehead atoms. The van der Waals surface area contributed by atoms with Crippen LogP contribution in [0.3, 0.4) is 0 Å².